The Balaban J connectivity index is 2.19. The van der Waals surface area contributed by atoms with Gasteiger partial charge in [-0.1, -0.05) is 43.2 Å². The minimum absolute atomic E-state index is 0.334. The Hall–Kier alpha value is -0.860. The zero-order valence-corrected chi connectivity index (χ0v) is 9.11. The summed E-state index contributed by atoms with van der Waals surface area (Å²) in [6.07, 6.45) is 6.27. The molecule has 1 saturated carbocycles. The van der Waals surface area contributed by atoms with Crippen molar-refractivity contribution < 1.29 is 4.84 Å². The first-order valence-corrected chi connectivity index (χ1v) is 5.75. The second kappa shape index (κ2) is 4.77. The van der Waals surface area contributed by atoms with Gasteiger partial charge in [0.25, 0.3) is 0 Å². The third kappa shape index (κ3) is 2.21. The molecule has 0 saturated heterocycles. The molecule has 0 heterocycles. The SMILES string of the molecule is NOCCC1(c2ccccc2)CCCC1. The van der Waals surface area contributed by atoms with Gasteiger partial charge < -0.3 is 4.84 Å². The highest BCUT2D eigenvalue weighted by molar-refractivity contribution is 5.26. The Kier molecular flexibility index (Phi) is 3.39. The van der Waals surface area contributed by atoms with Crippen molar-refractivity contribution in [2.75, 3.05) is 6.61 Å². The lowest BCUT2D eigenvalue weighted by atomic mass is 9.76. The van der Waals surface area contributed by atoms with Crippen molar-refractivity contribution in [1.82, 2.24) is 0 Å². The summed E-state index contributed by atoms with van der Waals surface area (Å²) >= 11 is 0. The minimum atomic E-state index is 0.334. The van der Waals surface area contributed by atoms with Crippen LogP contribution in [-0.2, 0) is 10.3 Å². The Bertz CT molecular complexity index is 291. The molecule has 1 aliphatic carbocycles. The summed E-state index contributed by atoms with van der Waals surface area (Å²) in [5.74, 6) is 5.14. The van der Waals surface area contributed by atoms with E-state index in [1.807, 2.05) is 0 Å². The second-order valence-electron chi connectivity index (χ2n) is 4.47. The average Bonchev–Trinajstić information content (AvgIpc) is 2.78. The number of hydrogen-bond acceptors (Lipinski definition) is 2. The van der Waals surface area contributed by atoms with Gasteiger partial charge in [-0.25, -0.2) is 5.90 Å². The maximum atomic E-state index is 5.14. The van der Waals surface area contributed by atoms with E-state index in [4.69, 9.17) is 10.7 Å². The molecule has 0 spiro atoms. The van der Waals surface area contributed by atoms with Gasteiger partial charge in [0.1, 0.15) is 0 Å². The highest BCUT2D eigenvalue weighted by atomic mass is 16.6. The number of rotatable bonds is 4. The van der Waals surface area contributed by atoms with Crippen LogP contribution in [0, 0.1) is 0 Å². The topological polar surface area (TPSA) is 35.2 Å². The zero-order valence-electron chi connectivity index (χ0n) is 9.11. The fourth-order valence-corrected chi connectivity index (χ4v) is 2.78. The van der Waals surface area contributed by atoms with Gasteiger partial charge in [-0.2, -0.15) is 0 Å². The Morgan fingerprint density at radius 3 is 2.40 bits per heavy atom. The molecule has 2 heteroatoms. The van der Waals surface area contributed by atoms with Gasteiger partial charge in [0.15, 0.2) is 0 Å². The van der Waals surface area contributed by atoms with Gasteiger partial charge in [0, 0.05) is 0 Å². The lowest BCUT2D eigenvalue weighted by Crippen LogP contribution is -2.24. The lowest BCUT2D eigenvalue weighted by Gasteiger charge is -2.29. The molecule has 0 aliphatic heterocycles. The number of nitrogens with two attached hydrogens (primary N) is 1. The van der Waals surface area contributed by atoms with Gasteiger partial charge in [-0.3, -0.25) is 0 Å². The molecule has 0 unspecified atom stereocenters. The van der Waals surface area contributed by atoms with Crippen molar-refractivity contribution in [3.63, 3.8) is 0 Å². The molecule has 0 radical (unpaired) electrons. The van der Waals surface area contributed by atoms with Crippen molar-refractivity contribution in [2.45, 2.75) is 37.5 Å². The highest BCUT2D eigenvalue weighted by Crippen LogP contribution is 2.43. The molecule has 1 aromatic carbocycles. The van der Waals surface area contributed by atoms with E-state index < -0.39 is 0 Å². The van der Waals surface area contributed by atoms with E-state index in [9.17, 15) is 0 Å². The summed E-state index contributed by atoms with van der Waals surface area (Å²) < 4.78 is 0. The van der Waals surface area contributed by atoms with Crippen LogP contribution in [0.4, 0.5) is 0 Å². The molecule has 0 amide bonds. The van der Waals surface area contributed by atoms with Gasteiger partial charge in [-0.15, -0.1) is 0 Å². The number of benzene rings is 1. The number of hydrogen-bond donors (Lipinski definition) is 1. The summed E-state index contributed by atoms with van der Waals surface area (Å²) in [4.78, 5) is 4.75. The van der Waals surface area contributed by atoms with E-state index in [1.165, 1.54) is 31.2 Å². The highest BCUT2D eigenvalue weighted by Gasteiger charge is 2.34. The summed E-state index contributed by atoms with van der Waals surface area (Å²) in [5, 5.41) is 0. The normalized spacial score (nSPS) is 19.3. The van der Waals surface area contributed by atoms with Crippen LogP contribution >= 0.6 is 0 Å². The first kappa shape index (κ1) is 10.7. The van der Waals surface area contributed by atoms with E-state index in [0.717, 1.165) is 6.42 Å². The summed E-state index contributed by atoms with van der Waals surface area (Å²) in [5.41, 5.74) is 1.79. The summed E-state index contributed by atoms with van der Waals surface area (Å²) in [6, 6.07) is 10.8. The van der Waals surface area contributed by atoms with Crippen molar-refractivity contribution >= 4 is 0 Å². The van der Waals surface area contributed by atoms with Crippen LogP contribution in [0.5, 0.6) is 0 Å². The molecule has 0 aromatic heterocycles. The third-order valence-electron chi connectivity index (χ3n) is 3.65. The first-order chi connectivity index (χ1) is 7.37. The largest absolute Gasteiger partial charge is 0.305 e. The molecule has 15 heavy (non-hydrogen) atoms. The summed E-state index contributed by atoms with van der Waals surface area (Å²) in [7, 11) is 0. The molecule has 2 rings (SSSR count). The molecule has 1 aromatic rings. The van der Waals surface area contributed by atoms with Crippen LogP contribution in [0.1, 0.15) is 37.7 Å². The molecule has 0 bridgehead atoms. The van der Waals surface area contributed by atoms with E-state index in [1.54, 1.807) is 0 Å². The molecule has 1 aliphatic rings. The van der Waals surface area contributed by atoms with Gasteiger partial charge in [-0.05, 0) is 30.2 Å². The van der Waals surface area contributed by atoms with E-state index >= 15 is 0 Å². The maximum absolute atomic E-state index is 5.14. The van der Waals surface area contributed by atoms with Crippen LogP contribution in [0.15, 0.2) is 30.3 Å². The first-order valence-electron chi connectivity index (χ1n) is 5.75. The van der Waals surface area contributed by atoms with Crippen LogP contribution in [0.3, 0.4) is 0 Å². The van der Waals surface area contributed by atoms with E-state index in [-0.39, 0.29) is 0 Å². The third-order valence-corrected chi connectivity index (χ3v) is 3.65. The van der Waals surface area contributed by atoms with Crippen LogP contribution in [0.25, 0.3) is 0 Å². The predicted molar refractivity (Wildman–Crippen MR) is 61.3 cm³/mol. The van der Waals surface area contributed by atoms with E-state index in [0.29, 0.717) is 12.0 Å². The fourth-order valence-electron chi connectivity index (χ4n) is 2.78. The van der Waals surface area contributed by atoms with Crippen molar-refractivity contribution in [2.24, 2.45) is 5.90 Å². The second-order valence-corrected chi connectivity index (χ2v) is 4.47. The van der Waals surface area contributed by atoms with Crippen LogP contribution in [-0.4, -0.2) is 6.61 Å². The van der Waals surface area contributed by atoms with Crippen molar-refractivity contribution in [3.8, 4) is 0 Å². The van der Waals surface area contributed by atoms with Crippen LogP contribution in [0.2, 0.25) is 0 Å². The van der Waals surface area contributed by atoms with Gasteiger partial charge >= 0.3 is 0 Å². The Morgan fingerprint density at radius 2 is 1.80 bits per heavy atom. The molecule has 82 valence electrons. The Morgan fingerprint density at radius 1 is 1.13 bits per heavy atom. The Labute approximate surface area is 91.4 Å². The predicted octanol–water partition coefficient (Wildman–Crippen LogP) is 2.78. The molecule has 2 nitrogen and oxygen atoms in total. The van der Waals surface area contributed by atoms with Crippen LogP contribution < -0.4 is 5.90 Å². The standard InChI is InChI=1S/C13H19NO/c14-15-11-10-13(8-4-5-9-13)12-6-2-1-3-7-12/h1-3,6-7H,4-5,8-11,14H2. The quantitative estimate of drug-likeness (QED) is 0.767. The van der Waals surface area contributed by atoms with Crippen molar-refractivity contribution in [3.05, 3.63) is 35.9 Å². The summed E-state index contributed by atoms with van der Waals surface area (Å²) in [6.45, 7) is 0.662. The minimum Gasteiger partial charge on any atom is -0.305 e. The monoisotopic (exact) mass is 205 g/mol. The smallest absolute Gasteiger partial charge is 0.0687 e. The molecular formula is C13H19NO. The fraction of sp³-hybridized carbons (Fsp3) is 0.538. The maximum Gasteiger partial charge on any atom is 0.0687 e. The molecule has 2 N–H and O–H groups in total. The molecular weight excluding hydrogens is 186 g/mol. The zero-order chi connectivity index (χ0) is 10.6. The average molecular weight is 205 g/mol. The van der Waals surface area contributed by atoms with Crippen molar-refractivity contribution in [1.29, 1.82) is 0 Å². The molecule has 1 fully saturated rings. The lowest BCUT2D eigenvalue weighted by molar-refractivity contribution is 0.116. The van der Waals surface area contributed by atoms with Gasteiger partial charge in [0.05, 0.1) is 6.61 Å². The molecule has 0 atom stereocenters. The van der Waals surface area contributed by atoms with E-state index in [2.05, 4.69) is 30.3 Å². The van der Waals surface area contributed by atoms with Gasteiger partial charge in [0.2, 0.25) is 0 Å².